The second-order valence-electron chi connectivity index (χ2n) is 4.99. The maximum Gasteiger partial charge on any atom is 0.280 e. The van der Waals surface area contributed by atoms with Crippen LogP contribution in [0.5, 0.6) is 0 Å². The monoisotopic (exact) mass is 259 g/mol. The highest BCUT2D eigenvalue weighted by Crippen LogP contribution is 2.21. The summed E-state index contributed by atoms with van der Waals surface area (Å²) in [6, 6.07) is 8.40. The first-order valence-corrected chi connectivity index (χ1v) is 6.67. The first-order chi connectivity index (χ1) is 9.28. The number of aliphatic hydroxyl groups excluding tert-OH is 1. The van der Waals surface area contributed by atoms with E-state index < -0.39 is 0 Å². The molecule has 1 aromatic carbocycles. The van der Waals surface area contributed by atoms with E-state index in [1.165, 1.54) is 5.56 Å². The van der Waals surface area contributed by atoms with Gasteiger partial charge in [0.25, 0.3) is 5.82 Å². The van der Waals surface area contributed by atoms with Crippen LogP contribution in [0.3, 0.4) is 0 Å². The Hall–Kier alpha value is -1.65. The standard InChI is InChI=1S/C15H18N2O2/c1-11-2-3-14-12(8-11)9-13(10-18)15(16-14)17-4-6-19-7-5-17/h2-3,8-9,18H,4-7,10H2,1H3/p+1. The summed E-state index contributed by atoms with van der Waals surface area (Å²) in [7, 11) is 0. The minimum absolute atomic E-state index is 0.0487. The lowest BCUT2D eigenvalue weighted by Crippen LogP contribution is -2.40. The number of nitrogens with one attached hydrogen (secondary N) is 1. The molecular weight excluding hydrogens is 240 g/mol. The molecule has 19 heavy (non-hydrogen) atoms. The summed E-state index contributed by atoms with van der Waals surface area (Å²) >= 11 is 0. The van der Waals surface area contributed by atoms with Crippen molar-refractivity contribution in [3.8, 4) is 0 Å². The van der Waals surface area contributed by atoms with E-state index in [4.69, 9.17) is 4.74 Å². The van der Waals surface area contributed by atoms with Crippen LogP contribution in [-0.2, 0) is 11.3 Å². The number of aromatic nitrogens is 1. The fourth-order valence-corrected chi connectivity index (χ4v) is 2.57. The summed E-state index contributed by atoms with van der Waals surface area (Å²) in [5.41, 5.74) is 3.27. The zero-order chi connectivity index (χ0) is 13.2. The van der Waals surface area contributed by atoms with Crippen molar-refractivity contribution in [2.24, 2.45) is 0 Å². The predicted molar refractivity (Wildman–Crippen MR) is 74.2 cm³/mol. The van der Waals surface area contributed by atoms with Crippen LogP contribution in [-0.4, -0.2) is 31.4 Å². The fourth-order valence-electron chi connectivity index (χ4n) is 2.57. The number of pyridine rings is 1. The molecule has 0 spiro atoms. The molecule has 0 bridgehead atoms. The largest absolute Gasteiger partial charge is 0.391 e. The zero-order valence-corrected chi connectivity index (χ0v) is 11.1. The molecule has 0 radical (unpaired) electrons. The van der Waals surface area contributed by atoms with Crippen LogP contribution in [0, 0.1) is 6.92 Å². The van der Waals surface area contributed by atoms with Crippen molar-refractivity contribution in [2.45, 2.75) is 13.5 Å². The summed E-state index contributed by atoms with van der Waals surface area (Å²) in [6.07, 6.45) is 0. The van der Waals surface area contributed by atoms with Crippen molar-refractivity contribution in [2.75, 3.05) is 31.2 Å². The highest BCUT2D eigenvalue weighted by Gasteiger charge is 2.23. The van der Waals surface area contributed by atoms with Crippen molar-refractivity contribution >= 4 is 16.7 Å². The molecule has 0 unspecified atom stereocenters. The van der Waals surface area contributed by atoms with Crippen molar-refractivity contribution < 1.29 is 14.8 Å². The molecule has 1 aliphatic heterocycles. The quantitative estimate of drug-likeness (QED) is 0.884. The zero-order valence-electron chi connectivity index (χ0n) is 11.1. The van der Waals surface area contributed by atoms with Crippen molar-refractivity contribution in [3.63, 3.8) is 0 Å². The van der Waals surface area contributed by atoms with Crippen molar-refractivity contribution in [3.05, 3.63) is 35.4 Å². The van der Waals surface area contributed by atoms with Gasteiger partial charge in [-0.1, -0.05) is 11.6 Å². The maximum atomic E-state index is 9.60. The minimum atomic E-state index is 0.0487. The highest BCUT2D eigenvalue weighted by molar-refractivity contribution is 5.78. The molecule has 0 saturated carbocycles. The van der Waals surface area contributed by atoms with E-state index in [9.17, 15) is 5.11 Å². The molecule has 4 heteroatoms. The van der Waals surface area contributed by atoms with Crippen LogP contribution >= 0.6 is 0 Å². The van der Waals surface area contributed by atoms with Gasteiger partial charge in [-0.3, -0.25) is 4.90 Å². The molecule has 1 aliphatic rings. The predicted octanol–water partition coefficient (Wildman–Crippen LogP) is 1.29. The van der Waals surface area contributed by atoms with Gasteiger partial charge in [-0.05, 0) is 25.1 Å². The highest BCUT2D eigenvalue weighted by atomic mass is 16.5. The molecule has 1 aromatic heterocycles. The number of morpholine rings is 1. The lowest BCUT2D eigenvalue weighted by molar-refractivity contribution is -0.332. The third-order valence-electron chi connectivity index (χ3n) is 3.59. The molecule has 2 N–H and O–H groups in total. The molecule has 2 aromatic rings. The molecule has 4 nitrogen and oxygen atoms in total. The van der Waals surface area contributed by atoms with E-state index in [0.717, 1.165) is 48.6 Å². The van der Waals surface area contributed by atoms with Gasteiger partial charge in [-0.25, -0.2) is 4.98 Å². The van der Waals surface area contributed by atoms with Gasteiger partial charge in [-0.15, -0.1) is 0 Å². The van der Waals surface area contributed by atoms with Gasteiger partial charge < -0.3 is 9.84 Å². The first kappa shape index (κ1) is 12.4. The summed E-state index contributed by atoms with van der Waals surface area (Å²) in [6.45, 7) is 5.33. The third-order valence-corrected chi connectivity index (χ3v) is 3.59. The molecule has 0 aliphatic carbocycles. The van der Waals surface area contributed by atoms with Crippen molar-refractivity contribution in [1.82, 2.24) is 0 Å². The van der Waals surface area contributed by atoms with Crippen LogP contribution < -0.4 is 9.88 Å². The maximum absolute atomic E-state index is 9.60. The Kier molecular flexibility index (Phi) is 3.36. The van der Waals surface area contributed by atoms with E-state index in [1.54, 1.807) is 0 Å². The second kappa shape index (κ2) is 5.15. The van der Waals surface area contributed by atoms with E-state index in [0.29, 0.717) is 0 Å². The average molecular weight is 259 g/mol. The number of H-pyrrole nitrogens is 1. The minimum Gasteiger partial charge on any atom is -0.391 e. The van der Waals surface area contributed by atoms with Crippen LogP contribution in [0.15, 0.2) is 24.3 Å². The number of fused-ring (bicyclic) bond motifs is 1. The number of hydrogen-bond acceptors (Lipinski definition) is 3. The summed E-state index contributed by atoms with van der Waals surface area (Å²) in [5.74, 6) is 1.02. The van der Waals surface area contributed by atoms with E-state index in [-0.39, 0.29) is 6.61 Å². The normalized spacial score (nSPS) is 16.0. The van der Waals surface area contributed by atoms with E-state index in [2.05, 4.69) is 41.1 Å². The Morgan fingerprint density at radius 2 is 2.05 bits per heavy atom. The molecule has 3 rings (SSSR count). The Bertz CT molecular complexity index is 592. The Morgan fingerprint density at radius 1 is 1.26 bits per heavy atom. The Morgan fingerprint density at radius 3 is 2.79 bits per heavy atom. The van der Waals surface area contributed by atoms with Gasteiger partial charge in [0.2, 0.25) is 0 Å². The van der Waals surface area contributed by atoms with Gasteiger partial charge in [0.15, 0.2) is 0 Å². The van der Waals surface area contributed by atoms with Crippen LogP contribution in [0.1, 0.15) is 11.1 Å². The summed E-state index contributed by atoms with van der Waals surface area (Å²) in [5, 5.41) is 10.7. The number of aryl methyl sites for hydroxylation is 1. The number of aliphatic hydroxyl groups is 1. The molecule has 0 atom stereocenters. The summed E-state index contributed by atoms with van der Waals surface area (Å²) < 4.78 is 5.38. The lowest BCUT2D eigenvalue weighted by Gasteiger charge is -2.23. The third kappa shape index (κ3) is 2.41. The average Bonchev–Trinajstić information content (AvgIpc) is 2.46. The van der Waals surface area contributed by atoms with E-state index in [1.807, 2.05) is 0 Å². The number of rotatable bonds is 2. The van der Waals surface area contributed by atoms with Crippen molar-refractivity contribution in [1.29, 1.82) is 0 Å². The SMILES string of the molecule is Cc1ccc2[nH+]c(N3CCOCC3)c(CO)cc2c1. The fraction of sp³-hybridized carbons (Fsp3) is 0.400. The Labute approximate surface area is 112 Å². The van der Waals surface area contributed by atoms with Gasteiger partial charge in [0.05, 0.1) is 25.4 Å². The van der Waals surface area contributed by atoms with E-state index >= 15 is 0 Å². The number of nitrogens with zero attached hydrogens (tertiary/aromatic N) is 1. The molecule has 1 saturated heterocycles. The van der Waals surface area contributed by atoms with Gasteiger partial charge in [-0.2, -0.15) is 0 Å². The number of ether oxygens (including phenoxy) is 1. The molecule has 1 fully saturated rings. The first-order valence-electron chi connectivity index (χ1n) is 6.67. The Balaban J connectivity index is 2.09. The molecule has 2 heterocycles. The van der Waals surface area contributed by atoms with Gasteiger partial charge >= 0.3 is 0 Å². The molecule has 100 valence electrons. The topological polar surface area (TPSA) is 46.8 Å². The number of anilines is 1. The lowest BCUT2D eigenvalue weighted by atomic mass is 10.1. The second-order valence-corrected chi connectivity index (χ2v) is 4.99. The van der Waals surface area contributed by atoms with Crippen LogP contribution in [0.2, 0.25) is 0 Å². The smallest absolute Gasteiger partial charge is 0.280 e. The number of hydrogen-bond donors (Lipinski definition) is 1. The van der Waals surface area contributed by atoms with Gasteiger partial charge in [0.1, 0.15) is 18.6 Å². The van der Waals surface area contributed by atoms with Crippen LogP contribution in [0.25, 0.3) is 10.9 Å². The number of aromatic amines is 1. The van der Waals surface area contributed by atoms with Gasteiger partial charge in [0, 0.05) is 5.39 Å². The molecule has 0 amide bonds. The van der Waals surface area contributed by atoms with Crippen LogP contribution in [0.4, 0.5) is 5.82 Å². The molecular formula is C15H19N2O2+. The summed E-state index contributed by atoms with van der Waals surface area (Å²) in [4.78, 5) is 5.70. The number of benzene rings is 1.